The molecule has 0 atom stereocenters. The third-order valence-corrected chi connectivity index (χ3v) is 3.60. The van der Waals surface area contributed by atoms with Gasteiger partial charge in [0.25, 0.3) is 5.91 Å². The normalized spacial score (nSPS) is 10.6. The van der Waals surface area contributed by atoms with Gasteiger partial charge in [-0.05, 0) is 41.0 Å². The van der Waals surface area contributed by atoms with Crippen LogP contribution in [0.4, 0.5) is 0 Å². The number of phenolic OH excluding ortho intramolecular Hbond substituents is 1. The lowest BCUT2D eigenvalue weighted by Gasteiger charge is -2.06. The number of carbonyl (C=O) groups is 1. The maximum atomic E-state index is 11.8. The molecule has 5 heteroatoms. The lowest BCUT2D eigenvalue weighted by molar-refractivity contribution is -0.123. The minimum Gasteiger partial charge on any atom is -0.508 e. The van der Waals surface area contributed by atoms with Crippen LogP contribution in [0, 0.1) is 0 Å². The van der Waals surface area contributed by atoms with Crippen molar-refractivity contribution in [2.24, 2.45) is 5.10 Å². The lowest BCUT2D eigenvalue weighted by Crippen LogP contribution is -2.24. The van der Waals surface area contributed by atoms with Crippen LogP contribution in [0.25, 0.3) is 11.1 Å². The molecular formula is C21H18N2O3. The van der Waals surface area contributed by atoms with Crippen LogP contribution in [0.15, 0.2) is 84.0 Å². The highest BCUT2D eigenvalue weighted by Crippen LogP contribution is 2.21. The minimum atomic E-state index is -0.367. The van der Waals surface area contributed by atoms with Gasteiger partial charge in [0.15, 0.2) is 6.61 Å². The van der Waals surface area contributed by atoms with Crippen molar-refractivity contribution in [3.8, 4) is 22.6 Å². The van der Waals surface area contributed by atoms with Crippen LogP contribution in [0.3, 0.4) is 0 Å². The molecule has 0 bridgehead atoms. The zero-order valence-corrected chi connectivity index (χ0v) is 14.0. The quantitative estimate of drug-likeness (QED) is 0.529. The Morgan fingerprint density at radius 1 is 0.962 bits per heavy atom. The van der Waals surface area contributed by atoms with Gasteiger partial charge in [0.1, 0.15) is 11.5 Å². The molecule has 0 aromatic heterocycles. The molecule has 0 spiro atoms. The van der Waals surface area contributed by atoms with Gasteiger partial charge in [-0.25, -0.2) is 5.43 Å². The van der Waals surface area contributed by atoms with Crippen molar-refractivity contribution in [2.45, 2.75) is 0 Å². The van der Waals surface area contributed by atoms with Gasteiger partial charge in [0.2, 0.25) is 0 Å². The number of nitrogens with one attached hydrogen (secondary N) is 1. The minimum absolute atomic E-state index is 0.137. The summed E-state index contributed by atoms with van der Waals surface area (Å²) in [5.74, 6) is 0.382. The number of carbonyl (C=O) groups excluding carboxylic acids is 1. The molecule has 0 aliphatic carbocycles. The summed E-state index contributed by atoms with van der Waals surface area (Å²) >= 11 is 0. The second-order valence-corrected chi connectivity index (χ2v) is 5.57. The fraction of sp³-hybridized carbons (Fsp3) is 0.0476. The first-order valence-corrected chi connectivity index (χ1v) is 8.10. The Kier molecular flexibility index (Phi) is 5.62. The molecular weight excluding hydrogens is 328 g/mol. The van der Waals surface area contributed by atoms with Crippen LogP contribution in [-0.4, -0.2) is 23.8 Å². The second-order valence-electron chi connectivity index (χ2n) is 5.57. The van der Waals surface area contributed by atoms with Gasteiger partial charge in [-0.3, -0.25) is 4.79 Å². The maximum Gasteiger partial charge on any atom is 0.277 e. The second kappa shape index (κ2) is 8.48. The molecule has 5 nitrogen and oxygen atoms in total. The molecule has 0 saturated heterocycles. The number of aromatic hydroxyl groups is 1. The monoisotopic (exact) mass is 346 g/mol. The molecule has 3 aromatic carbocycles. The Bertz CT molecular complexity index is 891. The van der Waals surface area contributed by atoms with Crippen molar-refractivity contribution in [3.63, 3.8) is 0 Å². The number of phenols is 1. The van der Waals surface area contributed by atoms with Crippen molar-refractivity contribution in [2.75, 3.05) is 6.61 Å². The number of nitrogens with zero attached hydrogens (tertiary/aromatic N) is 1. The molecule has 0 fully saturated rings. The SMILES string of the molecule is O=C(COc1ccc(-c2ccccc2)cc1)NN=Cc1cccc(O)c1. The van der Waals surface area contributed by atoms with Gasteiger partial charge >= 0.3 is 0 Å². The summed E-state index contributed by atoms with van der Waals surface area (Å²) in [4.78, 5) is 11.8. The van der Waals surface area contributed by atoms with Gasteiger partial charge in [0, 0.05) is 0 Å². The van der Waals surface area contributed by atoms with Gasteiger partial charge in [-0.1, -0.05) is 54.6 Å². The smallest absolute Gasteiger partial charge is 0.277 e. The number of amides is 1. The van der Waals surface area contributed by atoms with Crippen molar-refractivity contribution in [3.05, 3.63) is 84.4 Å². The average molecular weight is 346 g/mol. The average Bonchev–Trinajstić information content (AvgIpc) is 2.68. The van der Waals surface area contributed by atoms with Crippen LogP contribution in [-0.2, 0) is 4.79 Å². The topological polar surface area (TPSA) is 70.9 Å². The van der Waals surface area contributed by atoms with Gasteiger partial charge in [-0.2, -0.15) is 5.10 Å². The standard InChI is InChI=1S/C21H18N2O3/c24-19-8-4-5-16(13-19)14-22-23-21(25)15-26-20-11-9-18(10-12-20)17-6-2-1-3-7-17/h1-14,24H,15H2,(H,23,25). The Morgan fingerprint density at radius 2 is 1.69 bits per heavy atom. The summed E-state index contributed by atoms with van der Waals surface area (Å²) in [5.41, 5.74) is 5.27. The first kappa shape index (κ1) is 17.2. The zero-order valence-electron chi connectivity index (χ0n) is 14.0. The third-order valence-electron chi connectivity index (χ3n) is 3.60. The summed E-state index contributed by atoms with van der Waals surface area (Å²) in [7, 11) is 0. The Balaban J connectivity index is 1.48. The summed E-state index contributed by atoms with van der Waals surface area (Å²) in [6.07, 6.45) is 1.45. The molecule has 0 saturated carbocycles. The molecule has 26 heavy (non-hydrogen) atoms. The van der Waals surface area contributed by atoms with E-state index < -0.39 is 0 Å². The molecule has 0 unspecified atom stereocenters. The van der Waals surface area contributed by atoms with Gasteiger partial charge in [-0.15, -0.1) is 0 Å². The Hall–Kier alpha value is -3.60. The van der Waals surface area contributed by atoms with Crippen molar-refractivity contribution in [1.29, 1.82) is 0 Å². The van der Waals surface area contributed by atoms with Crippen molar-refractivity contribution < 1.29 is 14.6 Å². The molecule has 130 valence electrons. The number of hydrazone groups is 1. The predicted octanol–water partition coefficient (Wildman–Crippen LogP) is 3.59. The fourth-order valence-corrected chi connectivity index (χ4v) is 2.34. The van der Waals surface area contributed by atoms with Crippen LogP contribution in [0.5, 0.6) is 11.5 Å². The maximum absolute atomic E-state index is 11.8. The summed E-state index contributed by atoms with van der Waals surface area (Å²) < 4.78 is 5.45. The Morgan fingerprint density at radius 3 is 2.42 bits per heavy atom. The molecule has 2 N–H and O–H groups in total. The van der Waals surface area contributed by atoms with Gasteiger partial charge in [0.05, 0.1) is 6.21 Å². The largest absolute Gasteiger partial charge is 0.508 e. The fourth-order valence-electron chi connectivity index (χ4n) is 2.34. The summed E-state index contributed by atoms with van der Waals surface area (Å²) in [5, 5.41) is 13.2. The lowest BCUT2D eigenvalue weighted by atomic mass is 10.1. The van der Waals surface area contributed by atoms with E-state index in [2.05, 4.69) is 10.5 Å². The van der Waals surface area contributed by atoms with E-state index in [4.69, 9.17) is 4.74 Å². The zero-order chi connectivity index (χ0) is 18.2. The van der Waals surface area contributed by atoms with Gasteiger partial charge < -0.3 is 9.84 Å². The van der Waals surface area contributed by atoms with E-state index >= 15 is 0 Å². The van der Waals surface area contributed by atoms with Crippen molar-refractivity contribution >= 4 is 12.1 Å². The van der Waals surface area contributed by atoms with E-state index in [9.17, 15) is 9.90 Å². The van der Waals surface area contributed by atoms with Crippen LogP contribution >= 0.6 is 0 Å². The molecule has 1 amide bonds. The number of benzene rings is 3. The number of ether oxygens (including phenoxy) is 1. The van der Waals surface area contributed by atoms with E-state index in [1.54, 1.807) is 24.3 Å². The van der Waals surface area contributed by atoms with Crippen LogP contribution in [0.2, 0.25) is 0 Å². The van der Waals surface area contributed by atoms with Crippen LogP contribution in [0.1, 0.15) is 5.56 Å². The molecule has 3 aromatic rings. The number of rotatable bonds is 6. The first-order chi connectivity index (χ1) is 12.7. The first-order valence-electron chi connectivity index (χ1n) is 8.10. The highest BCUT2D eigenvalue weighted by molar-refractivity contribution is 5.83. The number of hydrogen-bond acceptors (Lipinski definition) is 4. The number of hydrogen-bond donors (Lipinski definition) is 2. The van der Waals surface area contributed by atoms with Crippen molar-refractivity contribution in [1.82, 2.24) is 5.43 Å². The van der Waals surface area contributed by atoms with E-state index in [0.29, 0.717) is 11.3 Å². The molecule has 0 radical (unpaired) electrons. The summed E-state index contributed by atoms with van der Waals surface area (Å²) in [6, 6.07) is 24.1. The highest BCUT2D eigenvalue weighted by atomic mass is 16.5. The Labute approximate surface area is 151 Å². The van der Waals surface area contributed by atoms with E-state index in [1.807, 2.05) is 54.6 Å². The molecule has 0 aliphatic rings. The van der Waals surface area contributed by atoms with E-state index in [-0.39, 0.29) is 18.3 Å². The third kappa shape index (κ3) is 4.95. The highest BCUT2D eigenvalue weighted by Gasteiger charge is 2.02. The van der Waals surface area contributed by atoms with E-state index in [1.165, 1.54) is 6.21 Å². The van der Waals surface area contributed by atoms with Crippen LogP contribution < -0.4 is 10.2 Å². The van der Waals surface area contributed by atoms with E-state index in [0.717, 1.165) is 11.1 Å². The predicted molar refractivity (Wildman–Crippen MR) is 101 cm³/mol. The molecule has 0 heterocycles. The summed E-state index contributed by atoms with van der Waals surface area (Å²) in [6.45, 7) is -0.137. The molecule has 0 aliphatic heterocycles. The molecule has 3 rings (SSSR count).